The van der Waals surface area contributed by atoms with Crippen LogP contribution < -0.4 is 5.32 Å². The Bertz CT molecular complexity index is 583. The van der Waals surface area contributed by atoms with Gasteiger partial charge < -0.3 is 10.4 Å². The van der Waals surface area contributed by atoms with E-state index in [9.17, 15) is 9.18 Å². The number of aryl methyl sites for hydroxylation is 1. The summed E-state index contributed by atoms with van der Waals surface area (Å²) >= 11 is 0. The number of carbonyl (C=O) groups is 1. The summed E-state index contributed by atoms with van der Waals surface area (Å²) in [7, 11) is 0. The van der Waals surface area contributed by atoms with Gasteiger partial charge in [0.15, 0.2) is 0 Å². The molecule has 21 heavy (non-hydrogen) atoms. The van der Waals surface area contributed by atoms with Crippen molar-refractivity contribution in [1.82, 2.24) is 20.3 Å². The Morgan fingerprint density at radius 2 is 2.10 bits per heavy atom. The molecule has 2 N–H and O–H groups in total. The molecule has 2 aromatic rings. The average Bonchev–Trinajstić information content (AvgIpc) is 2.92. The lowest BCUT2D eigenvalue weighted by Gasteiger charge is -2.05. The second kappa shape index (κ2) is 7.49. The minimum absolute atomic E-state index is 0.0767. The monoisotopic (exact) mass is 292 g/mol. The zero-order chi connectivity index (χ0) is 15.1. The van der Waals surface area contributed by atoms with Crippen LogP contribution in [-0.4, -0.2) is 32.6 Å². The summed E-state index contributed by atoms with van der Waals surface area (Å²) in [6, 6.07) is 5.95. The number of rotatable bonds is 7. The Morgan fingerprint density at radius 1 is 1.33 bits per heavy atom. The molecule has 1 aromatic heterocycles. The normalized spacial score (nSPS) is 10.6. The highest BCUT2D eigenvalue weighted by Gasteiger charge is 2.06. The van der Waals surface area contributed by atoms with Gasteiger partial charge in [-0.2, -0.15) is 0 Å². The number of amides is 1. The zero-order valence-corrected chi connectivity index (χ0v) is 11.5. The molecule has 0 spiro atoms. The van der Waals surface area contributed by atoms with Gasteiger partial charge in [-0.1, -0.05) is 17.3 Å². The van der Waals surface area contributed by atoms with Crippen molar-refractivity contribution in [2.75, 3.05) is 6.61 Å². The maximum Gasteiger partial charge on any atom is 0.242 e. The van der Waals surface area contributed by atoms with Crippen LogP contribution in [0.4, 0.5) is 4.39 Å². The van der Waals surface area contributed by atoms with E-state index in [1.807, 2.05) is 0 Å². The van der Waals surface area contributed by atoms with Gasteiger partial charge in [0, 0.05) is 19.3 Å². The minimum atomic E-state index is -0.303. The highest BCUT2D eigenvalue weighted by atomic mass is 19.1. The van der Waals surface area contributed by atoms with Gasteiger partial charge in [-0.25, -0.2) is 9.07 Å². The van der Waals surface area contributed by atoms with E-state index in [1.54, 1.807) is 18.3 Å². The number of hydrogen-bond acceptors (Lipinski definition) is 4. The number of aliphatic hydroxyl groups is 1. The summed E-state index contributed by atoms with van der Waals surface area (Å²) in [6.07, 6.45) is 2.94. The van der Waals surface area contributed by atoms with E-state index >= 15 is 0 Å². The summed E-state index contributed by atoms with van der Waals surface area (Å²) in [5.41, 5.74) is 1.57. The highest BCUT2D eigenvalue weighted by molar-refractivity contribution is 5.75. The fraction of sp³-hybridized carbons (Fsp3) is 0.357. The Hall–Kier alpha value is -2.28. The first kappa shape index (κ1) is 15.1. The molecular formula is C14H17FN4O2. The molecule has 0 aliphatic carbocycles. The second-order valence-corrected chi connectivity index (χ2v) is 4.64. The van der Waals surface area contributed by atoms with Crippen LogP contribution in [0.15, 0.2) is 30.5 Å². The van der Waals surface area contributed by atoms with E-state index in [0.29, 0.717) is 19.4 Å². The van der Waals surface area contributed by atoms with Crippen LogP contribution in [0.3, 0.4) is 0 Å². The molecule has 0 fully saturated rings. The second-order valence-electron chi connectivity index (χ2n) is 4.64. The van der Waals surface area contributed by atoms with Crippen LogP contribution in [0.25, 0.3) is 0 Å². The van der Waals surface area contributed by atoms with Crippen LogP contribution >= 0.6 is 0 Å². The van der Waals surface area contributed by atoms with Crippen molar-refractivity contribution < 1.29 is 14.3 Å². The van der Waals surface area contributed by atoms with E-state index in [2.05, 4.69) is 15.6 Å². The molecular weight excluding hydrogens is 275 g/mol. The summed E-state index contributed by atoms with van der Waals surface area (Å²) in [5, 5.41) is 19.2. The molecule has 7 heteroatoms. The van der Waals surface area contributed by atoms with Crippen LogP contribution in [-0.2, 0) is 24.3 Å². The van der Waals surface area contributed by atoms with E-state index < -0.39 is 0 Å². The van der Waals surface area contributed by atoms with Gasteiger partial charge in [0.1, 0.15) is 12.4 Å². The van der Waals surface area contributed by atoms with Gasteiger partial charge in [-0.05, 0) is 30.5 Å². The molecule has 0 atom stereocenters. The first-order valence-electron chi connectivity index (χ1n) is 6.68. The van der Waals surface area contributed by atoms with Crippen LogP contribution in [0.2, 0.25) is 0 Å². The maximum atomic E-state index is 12.7. The van der Waals surface area contributed by atoms with Gasteiger partial charge in [0.25, 0.3) is 0 Å². The largest absolute Gasteiger partial charge is 0.396 e. The topological polar surface area (TPSA) is 80.0 Å². The third-order valence-corrected chi connectivity index (χ3v) is 2.89. The van der Waals surface area contributed by atoms with Crippen molar-refractivity contribution in [3.05, 3.63) is 47.5 Å². The zero-order valence-electron chi connectivity index (χ0n) is 11.5. The number of aliphatic hydroxyl groups excluding tert-OH is 1. The van der Waals surface area contributed by atoms with Crippen molar-refractivity contribution in [1.29, 1.82) is 0 Å². The van der Waals surface area contributed by atoms with Gasteiger partial charge in [-0.15, -0.1) is 5.10 Å². The fourth-order valence-electron chi connectivity index (χ4n) is 1.80. The van der Waals surface area contributed by atoms with Gasteiger partial charge >= 0.3 is 0 Å². The van der Waals surface area contributed by atoms with Crippen LogP contribution in [0.1, 0.15) is 17.7 Å². The molecule has 2 rings (SSSR count). The van der Waals surface area contributed by atoms with Crippen molar-refractivity contribution >= 4 is 5.91 Å². The Labute approximate surface area is 121 Å². The Morgan fingerprint density at radius 3 is 2.81 bits per heavy atom. The van der Waals surface area contributed by atoms with Gasteiger partial charge in [0.05, 0.1) is 5.69 Å². The standard InChI is InChI=1S/C14H17FN4O2/c15-12-5-3-11(4-6-12)8-16-14(21)10-19-9-13(17-18-19)2-1-7-20/h3-6,9,20H,1-2,7-8,10H2,(H,16,21). The number of halogens is 1. The number of hydrogen-bond donors (Lipinski definition) is 2. The van der Waals surface area contributed by atoms with Gasteiger partial charge in [0.2, 0.25) is 5.91 Å². The lowest BCUT2D eigenvalue weighted by Crippen LogP contribution is -2.27. The van der Waals surface area contributed by atoms with Crippen molar-refractivity contribution in [3.8, 4) is 0 Å². The number of nitrogens with zero attached hydrogens (tertiary/aromatic N) is 3. The third-order valence-electron chi connectivity index (χ3n) is 2.89. The number of aromatic nitrogens is 3. The molecule has 0 aliphatic rings. The number of carbonyl (C=O) groups excluding carboxylic acids is 1. The van der Waals surface area contributed by atoms with Crippen LogP contribution in [0.5, 0.6) is 0 Å². The quantitative estimate of drug-likeness (QED) is 0.785. The van der Waals surface area contributed by atoms with E-state index in [4.69, 9.17) is 5.11 Å². The number of benzene rings is 1. The molecule has 0 bridgehead atoms. The first-order valence-corrected chi connectivity index (χ1v) is 6.68. The average molecular weight is 292 g/mol. The summed E-state index contributed by atoms with van der Waals surface area (Å²) in [5.74, 6) is -0.499. The highest BCUT2D eigenvalue weighted by Crippen LogP contribution is 2.02. The van der Waals surface area contributed by atoms with E-state index in [-0.39, 0.29) is 24.9 Å². The smallest absolute Gasteiger partial charge is 0.242 e. The summed E-state index contributed by atoms with van der Waals surface area (Å²) < 4.78 is 14.2. The minimum Gasteiger partial charge on any atom is -0.396 e. The Balaban J connectivity index is 1.78. The predicted molar refractivity (Wildman–Crippen MR) is 73.7 cm³/mol. The fourth-order valence-corrected chi connectivity index (χ4v) is 1.80. The van der Waals surface area contributed by atoms with Crippen LogP contribution in [0, 0.1) is 5.82 Å². The molecule has 1 heterocycles. The molecule has 112 valence electrons. The number of nitrogens with one attached hydrogen (secondary N) is 1. The Kier molecular flexibility index (Phi) is 5.39. The van der Waals surface area contributed by atoms with Crippen molar-refractivity contribution in [3.63, 3.8) is 0 Å². The third kappa shape index (κ3) is 4.96. The molecule has 0 unspecified atom stereocenters. The summed E-state index contributed by atoms with van der Waals surface area (Å²) in [4.78, 5) is 11.8. The van der Waals surface area contributed by atoms with E-state index in [0.717, 1.165) is 11.3 Å². The van der Waals surface area contributed by atoms with E-state index in [1.165, 1.54) is 16.8 Å². The molecule has 1 aromatic carbocycles. The first-order chi connectivity index (χ1) is 10.2. The van der Waals surface area contributed by atoms with Crippen molar-refractivity contribution in [2.45, 2.75) is 25.9 Å². The maximum absolute atomic E-state index is 12.7. The molecule has 6 nitrogen and oxygen atoms in total. The van der Waals surface area contributed by atoms with Gasteiger partial charge in [-0.3, -0.25) is 4.79 Å². The molecule has 1 amide bonds. The lowest BCUT2D eigenvalue weighted by molar-refractivity contribution is -0.122. The molecule has 0 radical (unpaired) electrons. The van der Waals surface area contributed by atoms with Crippen molar-refractivity contribution in [2.24, 2.45) is 0 Å². The summed E-state index contributed by atoms with van der Waals surface area (Å²) in [6.45, 7) is 0.517. The molecule has 0 saturated heterocycles. The SMILES string of the molecule is O=C(Cn1cc(CCCO)nn1)NCc1ccc(F)cc1. The molecule has 0 aliphatic heterocycles. The molecule has 0 saturated carbocycles. The lowest BCUT2D eigenvalue weighted by atomic mass is 10.2. The predicted octanol–water partition coefficient (Wildman–Crippen LogP) is 0.658.